The topological polar surface area (TPSA) is 51.2 Å². The highest BCUT2D eigenvalue weighted by Gasteiger charge is 2.15. The fraction of sp³-hybridized carbons (Fsp3) is 0.320. The molecule has 0 aliphatic heterocycles. The molecule has 0 unspecified atom stereocenters. The van der Waals surface area contributed by atoms with E-state index in [4.69, 9.17) is 14.2 Å². The molecular formula is C25H30N2O4. The van der Waals surface area contributed by atoms with Crippen LogP contribution in [0.15, 0.2) is 54.6 Å². The molecule has 0 aromatic heterocycles. The van der Waals surface area contributed by atoms with Crippen molar-refractivity contribution in [3.05, 3.63) is 65.7 Å². The molecular weight excluding hydrogens is 392 g/mol. The minimum Gasteiger partial charge on any atom is -0.497 e. The average Bonchev–Trinajstić information content (AvgIpc) is 2.78. The zero-order valence-electron chi connectivity index (χ0n) is 18.8. The lowest BCUT2D eigenvalue weighted by atomic mass is 10.1. The van der Waals surface area contributed by atoms with Crippen LogP contribution in [0.1, 0.15) is 11.1 Å². The number of carbonyl (C=O) groups excluding carboxylic acids is 1. The maximum absolute atomic E-state index is 12.8. The van der Waals surface area contributed by atoms with Crippen LogP contribution < -0.4 is 14.2 Å². The van der Waals surface area contributed by atoms with E-state index in [0.29, 0.717) is 19.6 Å². The molecule has 0 aliphatic carbocycles. The van der Waals surface area contributed by atoms with Crippen molar-refractivity contribution in [3.8, 4) is 17.2 Å². The third kappa shape index (κ3) is 5.67. The van der Waals surface area contributed by atoms with Gasteiger partial charge in [-0.1, -0.05) is 24.3 Å². The van der Waals surface area contributed by atoms with Crippen LogP contribution in [0.4, 0.5) is 0 Å². The summed E-state index contributed by atoms with van der Waals surface area (Å²) in [5.41, 5.74) is 2.10. The molecule has 6 nitrogen and oxygen atoms in total. The number of hydrogen-bond acceptors (Lipinski definition) is 5. The molecule has 0 saturated heterocycles. The Balaban J connectivity index is 1.60. The fourth-order valence-electron chi connectivity index (χ4n) is 3.54. The van der Waals surface area contributed by atoms with Crippen LogP contribution >= 0.6 is 0 Å². The lowest BCUT2D eigenvalue weighted by Gasteiger charge is -2.23. The second-order valence-electron chi connectivity index (χ2n) is 7.65. The summed E-state index contributed by atoms with van der Waals surface area (Å²) in [5, 5.41) is 2.24. The highest BCUT2D eigenvalue weighted by Crippen LogP contribution is 2.26. The first-order chi connectivity index (χ1) is 14.9. The van der Waals surface area contributed by atoms with Gasteiger partial charge in [-0.15, -0.1) is 0 Å². The van der Waals surface area contributed by atoms with Gasteiger partial charge in [-0.2, -0.15) is 0 Å². The largest absolute Gasteiger partial charge is 0.497 e. The van der Waals surface area contributed by atoms with Crippen LogP contribution in [0.3, 0.4) is 0 Å². The van der Waals surface area contributed by atoms with Gasteiger partial charge in [0, 0.05) is 31.8 Å². The summed E-state index contributed by atoms with van der Waals surface area (Å²) in [6, 6.07) is 17.9. The van der Waals surface area contributed by atoms with Crippen LogP contribution in [0, 0.1) is 0 Å². The Labute approximate surface area is 183 Å². The van der Waals surface area contributed by atoms with Crippen molar-refractivity contribution in [2.45, 2.75) is 13.1 Å². The minimum absolute atomic E-state index is 0.0600. The van der Waals surface area contributed by atoms with Crippen molar-refractivity contribution in [2.75, 3.05) is 42.0 Å². The number of methoxy groups -OCH3 is 3. The number of ether oxygens (including phenoxy) is 3. The number of benzene rings is 3. The lowest BCUT2D eigenvalue weighted by molar-refractivity contribution is -0.131. The van der Waals surface area contributed by atoms with Gasteiger partial charge in [0.2, 0.25) is 5.91 Å². The zero-order chi connectivity index (χ0) is 22.4. The Morgan fingerprint density at radius 2 is 1.42 bits per heavy atom. The highest BCUT2D eigenvalue weighted by molar-refractivity contribution is 5.84. The summed E-state index contributed by atoms with van der Waals surface area (Å²) in [6.07, 6.45) is 0. The monoisotopic (exact) mass is 422 g/mol. The normalized spacial score (nSPS) is 10.9. The summed E-state index contributed by atoms with van der Waals surface area (Å²) in [4.78, 5) is 16.5. The molecule has 3 aromatic rings. The number of fused-ring (bicyclic) bond motifs is 1. The number of nitrogens with zero attached hydrogens (tertiary/aromatic N) is 2. The van der Waals surface area contributed by atoms with Crippen LogP contribution in [-0.4, -0.2) is 57.7 Å². The maximum atomic E-state index is 12.8. The van der Waals surface area contributed by atoms with Gasteiger partial charge in [0.1, 0.15) is 17.2 Å². The van der Waals surface area contributed by atoms with E-state index < -0.39 is 0 Å². The van der Waals surface area contributed by atoms with Crippen molar-refractivity contribution in [2.24, 2.45) is 0 Å². The molecule has 164 valence electrons. The van der Waals surface area contributed by atoms with E-state index in [1.807, 2.05) is 55.4 Å². The second kappa shape index (κ2) is 10.2. The predicted octanol–water partition coefficient (Wildman–Crippen LogP) is 3.96. The van der Waals surface area contributed by atoms with E-state index in [1.165, 1.54) is 0 Å². The van der Waals surface area contributed by atoms with Crippen LogP contribution in [0.5, 0.6) is 17.2 Å². The first-order valence-corrected chi connectivity index (χ1v) is 10.1. The SMILES string of the molecule is COc1ccc(CN(C)CC(=O)N(C)Cc2ccc3cc(OC)ccc3c2)c(OC)c1. The van der Waals surface area contributed by atoms with E-state index in [0.717, 1.165) is 39.1 Å². The summed E-state index contributed by atoms with van der Waals surface area (Å²) in [5.74, 6) is 2.39. The van der Waals surface area contributed by atoms with E-state index in [-0.39, 0.29) is 5.91 Å². The predicted molar refractivity (Wildman–Crippen MR) is 123 cm³/mol. The zero-order valence-corrected chi connectivity index (χ0v) is 18.8. The van der Waals surface area contributed by atoms with E-state index in [2.05, 4.69) is 18.2 Å². The van der Waals surface area contributed by atoms with Gasteiger partial charge in [0.25, 0.3) is 0 Å². The smallest absolute Gasteiger partial charge is 0.236 e. The summed E-state index contributed by atoms with van der Waals surface area (Å²) in [7, 11) is 8.69. The molecule has 0 spiro atoms. The molecule has 0 aliphatic rings. The molecule has 0 heterocycles. The molecule has 1 amide bonds. The van der Waals surface area contributed by atoms with E-state index in [9.17, 15) is 4.79 Å². The Morgan fingerprint density at radius 3 is 2.13 bits per heavy atom. The summed E-state index contributed by atoms with van der Waals surface area (Å²) in [6.45, 7) is 1.47. The summed E-state index contributed by atoms with van der Waals surface area (Å²) >= 11 is 0. The van der Waals surface area contributed by atoms with Gasteiger partial charge in [-0.05, 0) is 47.6 Å². The first kappa shape index (κ1) is 22.4. The van der Waals surface area contributed by atoms with E-state index >= 15 is 0 Å². The van der Waals surface area contributed by atoms with Gasteiger partial charge in [-0.25, -0.2) is 0 Å². The Morgan fingerprint density at radius 1 is 0.774 bits per heavy atom. The van der Waals surface area contributed by atoms with Crippen molar-refractivity contribution in [3.63, 3.8) is 0 Å². The average molecular weight is 423 g/mol. The standard InChI is InChI=1S/C25H30N2O4/c1-26(16-21-9-11-23(30-4)14-24(21)31-5)17-25(28)27(2)15-18-6-7-20-13-22(29-3)10-8-19(20)12-18/h6-14H,15-17H2,1-5H3. The molecule has 31 heavy (non-hydrogen) atoms. The number of likely N-dealkylation sites (N-methyl/N-ethyl adjacent to an activating group) is 2. The molecule has 0 radical (unpaired) electrons. The van der Waals surface area contributed by atoms with Crippen molar-refractivity contribution in [1.29, 1.82) is 0 Å². The Hall–Kier alpha value is -3.25. The van der Waals surface area contributed by atoms with Crippen molar-refractivity contribution >= 4 is 16.7 Å². The van der Waals surface area contributed by atoms with E-state index in [1.54, 1.807) is 26.2 Å². The first-order valence-electron chi connectivity index (χ1n) is 10.1. The van der Waals surface area contributed by atoms with Crippen molar-refractivity contribution in [1.82, 2.24) is 9.80 Å². The molecule has 0 saturated carbocycles. The highest BCUT2D eigenvalue weighted by atomic mass is 16.5. The number of rotatable bonds is 9. The molecule has 0 atom stereocenters. The van der Waals surface area contributed by atoms with Gasteiger partial charge < -0.3 is 19.1 Å². The molecule has 3 rings (SSSR count). The Kier molecular flexibility index (Phi) is 7.36. The second-order valence-corrected chi connectivity index (χ2v) is 7.65. The number of carbonyl (C=O) groups is 1. The fourth-order valence-corrected chi connectivity index (χ4v) is 3.54. The van der Waals surface area contributed by atoms with Gasteiger partial charge in [0.05, 0.1) is 27.9 Å². The third-order valence-electron chi connectivity index (χ3n) is 5.30. The number of amides is 1. The summed E-state index contributed by atoms with van der Waals surface area (Å²) < 4.78 is 16.0. The van der Waals surface area contributed by atoms with Crippen LogP contribution in [0.25, 0.3) is 10.8 Å². The van der Waals surface area contributed by atoms with Gasteiger partial charge >= 0.3 is 0 Å². The Bertz CT molecular complexity index is 1050. The maximum Gasteiger partial charge on any atom is 0.236 e. The minimum atomic E-state index is 0.0600. The molecule has 0 fully saturated rings. The van der Waals surface area contributed by atoms with Gasteiger partial charge in [0.15, 0.2) is 0 Å². The third-order valence-corrected chi connectivity index (χ3v) is 5.30. The van der Waals surface area contributed by atoms with Crippen LogP contribution in [0.2, 0.25) is 0 Å². The lowest BCUT2D eigenvalue weighted by Crippen LogP contribution is -2.36. The number of hydrogen-bond donors (Lipinski definition) is 0. The quantitative estimate of drug-likeness (QED) is 0.523. The molecule has 0 N–H and O–H groups in total. The molecule has 3 aromatic carbocycles. The van der Waals surface area contributed by atoms with Crippen LogP contribution in [-0.2, 0) is 17.9 Å². The molecule has 6 heteroatoms. The van der Waals surface area contributed by atoms with Crippen molar-refractivity contribution < 1.29 is 19.0 Å². The molecule has 0 bridgehead atoms. The van der Waals surface area contributed by atoms with Gasteiger partial charge in [-0.3, -0.25) is 9.69 Å².